The van der Waals surface area contributed by atoms with Crippen molar-refractivity contribution in [2.24, 2.45) is 17.8 Å². The summed E-state index contributed by atoms with van der Waals surface area (Å²) in [7, 11) is 7.71. The molecule has 0 radical (unpaired) electrons. The fourth-order valence-corrected chi connectivity index (χ4v) is 4.42. The highest BCUT2D eigenvalue weighted by molar-refractivity contribution is 5.81. The molecule has 3 unspecified atom stereocenters. The Balaban J connectivity index is -0.0000000253. The van der Waals surface area contributed by atoms with Crippen molar-refractivity contribution in [3.8, 4) is 0 Å². The van der Waals surface area contributed by atoms with Crippen LogP contribution in [0.5, 0.6) is 0 Å². The molecule has 0 bridgehead atoms. The predicted molar refractivity (Wildman–Crippen MR) is 325 cm³/mol. The lowest BCUT2D eigenvalue weighted by Crippen LogP contribution is -2.38. The highest BCUT2D eigenvalue weighted by Gasteiger charge is 2.10. The maximum atomic E-state index is 11.0. The first-order valence-corrected chi connectivity index (χ1v) is 22.6. The molecule has 0 rings (SSSR count). The van der Waals surface area contributed by atoms with Gasteiger partial charge in [0.2, 0.25) is 0 Å². The first-order valence-electron chi connectivity index (χ1n) is 22.6. The summed E-state index contributed by atoms with van der Waals surface area (Å²) >= 11 is 0. The maximum absolute atomic E-state index is 11.0. The Morgan fingerprint density at radius 3 is 0.923 bits per heavy atom. The van der Waals surface area contributed by atoms with E-state index < -0.39 is 0 Å². The summed E-state index contributed by atoms with van der Waals surface area (Å²) in [5, 5.41) is 15.9. The van der Waals surface area contributed by atoms with Crippen LogP contribution < -0.4 is 26.6 Å². The molecule has 0 saturated carbocycles. The van der Waals surface area contributed by atoms with E-state index in [1.54, 1.807) is 13.8 Å². The van der Waals surface area contributed by atoms with Crippen molar-refractivity contribution in [3.05, 3.63) is 0 Å². The topological polar surface area (TPSA) is 94.3 Å². The molecule has 0 fully saturated rings. The van der Waals surface area contributed by atoms with Gasteiger partial charge in [0.1, 0.15) is 11.6 Å². The SMILES string of the molecule is C.C.C.C.C.C.C.C.C.C.C.C.CCC(C)C.CCC(C)CC.CCC(C)CC.CCCC(CNCCNC)NC.CCCCCC(NC)C(C)=O.CCCCCCCC(NC)C(C)=O. The number of carbonyl (C=O) groups is 2. The molecule has 7 nitrogen and oxygen atoms in total. The number of rotatable bonds is 27. The molecule has 0 spiro atoms. The minimum absolute atomic E-state index is 0. The summed E-state index contributed by atoms with van der Waals surface area (Å²) in [5.74, 6) is 3.27. The van der Waals surface area contributed by atoms with Gasteiger partial charge in [0.25, 0.3) is 0 Å². The third-order valence-corrected chi connectivity index (χ3v) is 9.96. The quantitative estimate of drug-likeness (QED) is 0.0524. The molecule has 0 aromatic heterocycles. The Bertz CT molecular complexity index is 646. The van der Waals surface area contributed by atoms with Crippen LogP contribution in [0.25, 0.3) is 0 Å². The molecule has 0 amide bonds. The summed E-state index contributed by atoms with van der Waals surface area (Å²) < 4.78 is 0. The van der Waals surface area contributed by atoms with E-state index in [2.05, 4.69) is 110 Å². The van der Waals surface area contributed by atoms with Crippen molar-refractivity contribution >= 4 is 11.6 Å². The molecule has 0 aromatic rings. The van der Waals surface area contributed by atoms with Crippen molar-refractivity contribution in [2.45, 2.75) is 313 Å². The number of nitrogens with one attached hydrogen (secondary N) is 5. The molecule has 0 saturated heterocycles. The number of hydrogen-bond donors (Lipinski definition) is 5. The fourth-order valence-electron chi connectivity index (χ4n) is 4.42. The second-order valence-electron chi connectivity index (χ2n) is 15.3. The van der Waals surface area contributed by atoms with E-state index in [0.717, 1.165) is 56.7 Å². The average molecular weight is 953 g/mol. The Hall–Kier alpha value is -0.860. The van der Waals surface area contributed by atoms with Crippen LogP contribution in [0.4, 0.5) is 0 Å². The minimum atomic E-state index is 0. The van der Waals surface area contributed by atoms with Gasteiger partial charge in [0, 0.05) is 25.7 Å². The monoisotopic (exact) mass is 952 g/mol. The van der Waals surface area contributed by atoms with Crippen molar-refractivity contribution < 1.29 is 9.59 Å². The van der Waals surface area contributed by atoms with Gasteiger partial charge in [-0.2, -0.15) is 0 Å². The van der Waals surface area contributed by atoms with E-state index in [-0.39, 0.29) is 113 Å². The molecular weight excluding hydrogens is 799 g/mol. The smallest absolute Gasteiger partial charge is 0.146 e. The number of ketones is 2. The second-order valence-corrected chi connectivity index (χ2v) is 15.3. The van der Waals surface area contributed by atoms with Crippen LogP contribution in [0.3, 0.4) is 0 Å². The van der Waals surface area contributed by atoms with E-state index >= 15 is 0 Å². The normalized spacial score (nSPS) is 9.80. The van der Waals surface area contributed by atoms with Crippen LogP contribution in [-0.4, -0.2) is 77.5 Å². The molecule has 3 atom stereocenters. The second kappa shape index (κ2) is 105. The third-order valence-electron chi connectivity index (χ3n) is 9.96. The van der Waals surface area contributed by atoms with E-state index in [9.17, 15) is 9.59 Å². The largest absolute Gasteiger partial charge is 0.318 e. The number of hydrogen-bond acceptors (Lipinski definition) is 7. The fraction of sp³-hybridized carbons (Fsp3) is 0.966. The van der Waals surface area contributed by atoms with Gasteiger partial charge in [0.15, 0.2) is 0 Å². The highest BCUT2D eigenvalue weighted by Crippen LogP contribution is 2.08. The van der Waals surface area contributed by atoms with Gasteiger partial charge in [-0.3, -0.25) is 9.59 Å². The molecule has 0 aliphatic rings. The Labute approximate surface area is 425 Å². The molecule has 5 N–H and O–H groups in total. The van der Waals surface area contributed by atoms with Crippen LogP contribution in [0.2, 0.25) is 0 Å². The zero-order valence-corrected chi connectivity index (χ0v) is 39.9. The zero-order valence-electron chi connectivity index (χ0n) is 39.9. The molecule has 0 aliphatic carbocycles. The van der Waals surface area contributed by atoms with Crippen molar-refractivity contribution in [1.82, 2.24) is 26.6 Å². The van der Waals surface area contributed by atoms with Crippen molar-refractivity contribution in [1.29, 1.82) is 0 Å². The Kier molecular flexibility index (Phi) is 194. The van der Waals surface area contributed by atoms with Gasteiger partial charge in [-0.25, -0.2) is 0 Å². The van der Waals surface area contributed by atoms with Gasteiger partial charge < -0.3 is 26.6 Å². The summed E-state index contributed by atoms with van der Waals surface area (Å²) in [6.07, 6.45) is 21.1. The lowest BCUT2D eigenvalue weighted by Gasteiger charge is -2.15. The van der Waals surface area contributed by atoms with Crippen LogP contribution in [0.1, 0.15) is 295 Å². The lowest BCUT2D eigenvalue weighted by molar-refractivity contribution is -0.119. The van der Waals surface area contributed by atoms with Crippen LogP contribution in [0, 0.1) is 17.8 Å². The van der Waals surface area contributed by atoms with Crippen molar-refractivity contribution in [2.75, 3.05) is 47.8 Å². The highest BCUT2D eigenvalue weighted by atomic mass is 16.1. The van der Waals surface area contributed by atoms with Gasteiger partial charge in [-0.15, -0.1) is 0 Å². The summed E-state index contributed by atoms with van der Waals surface area (Å²) in [4.78, 5) is 21.9. The lowest BCUT2D eigenvalue weighted by atomic mass is 10.0. The third kappa shape index (κ3) is 121. The summed E-state index contributed by atoms with van der Waals surface area (Å²) in [5.41, 5.74) is 0. The van der Waals surface area contributed by atoms with Gasteiger partial charge in [-0.05, 0) is 79.1 Å². The number of unbranched alkanes of at least 4 members (excludes halogenated alkanes) is 6. The van der Waals surface area contributed by atoms with Crippen LogP contribution in [-0.2, 0) is 9.59 Å². The van der Waals surface area contributed by atoms with E-state index in [1.165, 1.54) is 89.9 Å². The predicted octanol–water partition coefficient (Wildman–Crippen LogP) is 19.0. The van der Waals surface area contributed by atoms with E-state index in [4.69, 9.17) is 0 Å². The standard InChI is InChI=1S/C11H23NO.C9H23N3.C9H19NO.2C6H14.C5H12.12CH4/c1-4-5-6-7-8-9-11(12-3)10(2)13;1-4-5-9(11-3)8-12-7-6-10-2;1-4-5-6-7-9(10-3)8(2)11;2*1-4-6(3)5-2;1-4-5(2)3;;;;;;;;;;;;/h11-12H,4-9H2,1-3H3;9-12H,4-8H2,1-3H3;9-10H,4-7H2,1-3H3;2*6H,4-5H2,1-3H3;5H,4H2,1-3H3;12*1H4. The minimum Gasteiger partial charge on any atom is -0.318 e. The molecule has 7 heteroatoms. The van der Waals surface area contributed by atoms with Crippen molar-refractivity contribution in [3.63, 3.8) is 0 Å². The zero-order chi connectivity index (χ0) is 42.3. The summed E-state index contributed by atoms with van der Waals surface area (Å²) in [6, 6.07) is 0.801. The molecule has 65 heavy (non-hydrogen) atoms. The maximum Gasteiger partial charge on any atom is 0.146 e. The van der Waals surface area contributed by atoms with Gasteiger partial charge in [0.05, 0.1) is 12.1 Å². The van der Waals surface area contributed by atoms with E-state index in [0.29, 0.717) is 6.04 Å². The first kappa shape index (κ1) is 120. The average Bonchev–Trinajstić information content (AvgIpc) is 3.16. The summed E-state index contributed by atoms with van der Waals surface area (Å²) in [6.45, 7) is 33.2. The Morgan fingerprint density at radius 2 is 0.708 bits per heavy atom. The molecule has 0 aromatic carbocycles. The molecule has 0 aliphatic heterocycles. The van der Waals surface area contributed by atoms with Crippen LogP contribution >= 0.6 is 0 Å². The Morgan fingerprint density at radius 1 is 0.400 bits per heavy atom. The van der Waals surface area contributed by atoms with Crippen LogP contribution in [0.15, 0.2) is 0 Å². The van der Waals surface area contributed by atoms with Gasteiger partial charge in [-0.1, -0.05) is 262 Å². The molecule has 0 heterocycles. The van der Waals surface area contributed by atoms with Gasteiger partial charge >= 0.3 is 0 Å². The first-order chi connectivity index (χ1) is 25.2. The number of likely N-dealkylation sites (N-methyl/N-ethyl adjacent to an activating group) is 4. The number of carbonyl (C=O) groups excluding carboxylic acids is 2. The molecule has 422 valence electrons. The van der Waals surface area contributed by atoms with E-state index in [1.807, 2.05) is 28.2 Å². The number of Topliss-reactive ketones (excluding diaryl/α,β-unsaturated/α-hetero) is 2. The molecular formula is C58H153N5O2.